The molecule has 0 aliphatic heterocycles. The maximum atomic E-state index is 11.5. The van der Waals surface area contributed by atoms with E-state index in [1.165, 1.54) is 6.92 Å². The van der Waals surface area contributed by atoms with E-state index in [1.54, 1.807) is 16.9 Å². The van der Waals surface area contributed by atoms with Crippen molar-refractivity contribution in [3.05, 3.63) is 18.0 Å². The molecule has 16 heavy (non-hydrogen) atoms. The standard InChI is InChI=1S/C10H15N3O3/c1-6(2)13-5-4-8(12-13)9(14)11-7(3)10(15)16/h4-7H,1-3H3,(H,11,14)(H,15,16). The molecule has 6 nitrogen and oxygen atoms in total. The summed E-state index contributed by atoms with van der Waals surface area (Å²) in [5.74, 6) is -1.55. The Kier molecular flexibility index (Phi) is 3.65. The highest BCUT2D eigenvalue weighted by Gasteiger charge is 2.17. The first-order valence-electron chi connectivity index (χ1n) is 5.00. The Hall–Kier alpha value is -1.85. The third-order valence-corrected chi connectivity index (χ3v) is 2.09. The number of aliphatic carboxylic acids is 1. The molecular weight excluding hydrogens is 210 g/mol. The van der Waals surface area contributed by atoms with Crippen LogP contribution in [-0.4, -0.2) is 32.8 Å². The molecule has 0 aliphatic rings. The minimum absolute atomic E-state index is 0.165. The highest BCUT2D eigenvalue weighted by molar-refractivity contribution is 5.94. The van der Waals surface area contributed by atoms with E-state index in [9.17, 15) is 9.59 Å². The van der Waals surface area contributed by atoms with Crippen LogP contribution in [0.25, 0.3) is 0 Å². The molecule has 0 saturated heterocycles. The highest BCUT2D eigenvalue weighted by atomic mass is 16.4. The largest absolute Gasteiger partial charge is 0.480 e. The fourth-order valence-corrected chi connectivity index (χ4v) is 1.08. The summed E-state index contributed by atoms with van der Waals surface area (Å²) in [7, 11) is 0. The van der Waals surface area contributed by atoms with E-state index in [0.717, 1.165) is 0 Å². The van der Waals surface area contributed by atoms with Crippen LogP contribution in [0, 0.1) is 0 Å². The number of carboxylic acid groups (broad SMARTS) is 1. The number of carbonyl (C=O) groups is 2. The molecule has 1 rings (SSSR count). The molecule has 1 aromatic rings. The zero-order chi connectivity index (χ0) is 12.3. The van der Waals surface area contributed by atoms with E-state index in [-0.39, 0.29) is 11.7 Å². The van der Waals surface area contributed by atoms with E-state index in [4.69, 9.17) is 5.11 Å². The Morgan fingerprint density at radius 3 is 2.50 bits per heavy atom. The second-order valence-corrected chi connectivity index (χ2v) is 3.81. The van der Waals surface area contributed by atoms with Gasteiger partial charge in [-0.15, -0.1) is 0 Å². The summed E-state index contributed by atoms with van der Waals surface area (Å²) in [5, 5.41) is 15.0. The van der Waals surface area contributed by atoms with Gasteiger partial charge in [-0.2, -0.15) is 5.10 Å². The molecule has 0 radical (unpaired) electrons. The van der Waals surface area contributed by atoms with Gasteiger partial charge in [-0.3, -0.25) is 14.3 Å². The molecule has 6 heteroatoms. The summed E-state index contributed by atoms with van der Waals surface area (Å²) in [4.78, 5) is 22.1. The molecule has 0 bridgehead atoms. The number of aromatic nitrogens is 2. The molecular formula is C10H15N3O3. The number of carbonyl (C=O) groups excluding carboxylic acids is 1. The summed E-state index contributed by atoms with van der Waals surface area (Å²) in [6.45, 7) is 5.28. The molecule has 0 saturated carbocycles. The minimum atomic E-state index is -1.07. The summed E-state index contributed by atoms with van der Waals surface area (Å²) >= 11 is 0. The Balaban J connectivity index is 2.70. The van der Waals surface area contributed by atoms with Crippen molar-refractivity contribution in [1.29, 1.82) is 0 Å². The first-order valence-corrected chi connectivity index (χ1v) is 5.00. The number of amides is 1. The molecule has 88 valence electrons. The lowest BCUT2D eigenvalue weighted by Gasteiger charge is -2.07. The third kappa shape index (κ3) is 2.82. The molecule has 1 atom stereocenters. The molecule has 0 spiro atoms. The van der Waals surface area contributed by atoms with Crippen LogP contribution >= 0.6 is 0 Å². The zero-order valence-electron chi connectivity index (χ0n) is 9.47. The zero-order valence-corrected chi connectivity index (χ0v) is 9.47. The average molecular weight is 225 g/mol. The number of rotatable bonds is 4. The van der Waals surface area contributed by atoms with E-state index in [2.05, 4.69) is 10.4 Å². The van der Waals surface area contributed by atoms with E-state index in [0.29, 0.717) is 0 Å². The second kappa shape index (κ2) is 4.78. The first kappa shape index (κ1) is 12.2. The van der Waals surface area contributed by atoms with Gasteiger partial charge in [0.25, 0.3) is 5.91 Å². The van der Waals surface area contributed by atoms with Crippen LogP contribution < -0.4 is 5.32 Å². The Morgan fingerprint density at radius 2 is 2.06 bits per heavy atom. The number of hydrogen-bond acceptors (Lipinski definition) is 3. The SMILES string of the molecule is CC(NC(=O)c1ccn(C(C)C)n1)C(=O)O. The predicted molar refractivity (Wildman–Crippen MR) is 57.2 cm³/mol. The minimum Gasteiger partial charge on any atom is -0.480 e. The van der Waals surface area contributed by atoms with Crippen LogP contribution in [0.1, 0.15) is 37.3 Å². The van der Waals surface area contributed by atoms with Gasteiger partial charge in [0, 0.05) is 12.2 Å². The number of hydrogen-bond donors (Lipinski definition) is 2. The first-order chi connectivity index (χ1) is 7.41. The van der Waals surface area contributed by atoms with Crippen molar-refractivity contribution < 1.29 is 14.7 Å². The van der Waals surface area contributed by atoms with Gasteiger partial charge < -0.3 is 10.4 Å². The van der Waals surface area contributed by atoms with Crippen LogP contribution in [0.4, 0.5) is 0 Å². The number of nitrogens with zero attached hydrogens (tertiary/aromatic N) is 2. The van der Waals surface area contributed by atoms with E-state index >= 15 is 0 Å². The molecule has 2 N–H and O–H groups in total. The van der Waals surface area contributed by atoms with E-state index in [1.807, 2.05) is 13.8 Å². The lowest BCUT2D eigenvalue weighted by molar-refractivity contribution is -0.138. The smallest absolute Gasteiger partial charge is 0.325 e. The molecule has 1 amide bonds. The molecule has 1 unspecified atom stereocenters. The molecule has 0 fully saturated rings. The lowest BCUT2D eigenvalue weighted by atomic mass is 10.3. The normalized spacial score (nSPS) is 12.5. The van der Waals surface area contributed by atoms with E-state index < -0.39 is 17.9 Å². The molecule has 0 aromatic carbocycles. The van der Waals surface area contributed by atoms with Gasteiger partial charge in [-0.25, -0.2) is 0 Å². The van der Waals surface area contributed by atoms with Crippen molar-refractivity contribution in [1.82, 2.24) is 15.1 Å². The molecule has 1 aromatic heterocycles. The van der Waals surface area contributed by atoms with Crippen LogP contribution in [0.15, 0.2) is 12.3 Å². The van der Waals surface area contributed by atoms with Crippen LogP contribution in [0.5, 0.6) is 0 Å². The second-order valence-electron chi connectivity index (χ2n) is 3.81. The fraction of sp³-hybridized carbons (Fsp3) is 0.500. The lowest BCUT2D eigenvalue weighted by Crippen LogP contribution is -2.38. The quantitative estimate of drug-likeness (QED) is 0.788. The number of nitrogens with one attached hydrogen (secondary N) is 1. The van der Waals surface area contributed by atoms with Crippen molar-refractivity contribution >= 4 is 11.9 Å². The van der Waals surface area contributed by atoms with Crippen molar-refractivity contribution in [2.75, 3.05) is 0 Å². The van der Waals surface area contributed by atoms with Gasteiger partial charge in [0.05, 0.1) is 0 Å². The molecule has 0 aliphatic carbocycles. The van der Waals surface area contributed by atoms with Gasteiger partial charge in [-0.05, 0) is 26.8 Å². The van der Waals surface area contributed by atoms with Crippen LogP contribution in [0.2, 0.25) is 0 Å². The summed E-state index contributed by atoms with van der Waals surface area (Å²) in [6, 6.07) is 0.805. The molecule has 1 heterocycles. The summed E-state index contributed by atoms with van der Waals surface area (Å²) in [5.41, 5.74) is 0.224. The van der Waals surface area contributed by atoms with Crippen LogP contribution in [0.3, 0.4) is 0 Å². The van der Waals surface area contributed by atoms with Crippen LogP contribution in [-0.2, 0) is 4.79 Å². The summed E-state index contributed by atoms with van der Waals surface area (Å²) < 4.78 is 1.64. The van der Waals surface area contributed by atoms with Gasteiger partial charge >= 0.3 is 5.97 Å². The predicted octanol–water partition coefficient (Wildman–Crippen LogP) is 0.667. The van der Waals surface area contributed by atoms with Crippen molar-refractivity contribution in [2.24, 2.45) is 0 Å². The average Bonchev–Trinajstić information content (AvgIpc) is 2.65. The third-order valence-electron chi connectivity index (χ3n) is 2.09. The Bertz CT molecular complexity index is 398. The highest BCUT2D eigenvalue weighted by Crippen LogP contribution is 2.04. The summed E-state index contributed by atoms with van der Waals surface area (Å²) in [6.07, 6.45) is 1.69. The van der Waals surface area contributed by atoms with Gasteiger partial charge in [0.2, 0.25) is 0 Å². The van der Waals surface area contributed by atoms with Gasteiger partial charge in [0.15, 0.2) is 0 Å². The Labute approximate surface area is 93.3 Å². The number of carboxylic acids is 1. The van der Waals surface area contributed by atoms with Crippen molar-refractivity contribution in [2.45, 2.75) is 32.9 Å². The van der Waals surface area contributed by atoms with Gasteiger partial charge in [0.1, 0.15) is 11.7 Å². The Morgan fingerprint density at radius 1 is 1.44 bits per heavy atom. The monoisotopic (exact) mass is 225 g/mol. The maximum Gasteiger partial charge on any atom is 0.325 e. The van der Waals surface area contributed by atoms with Crippen molar-refractivity contribution in [3.63, 3.8) is 0 Å². The maximum absolute atomic E-state index is 11.5. The topological polar surface area (TPSA) is 84.2 Å². The van der Waals surface area contributed by atoms with Gasteiger partial charge in [-0.1, -0.05) is 0 Å². The van der Waals surface area contributed by atoms with Crippen molar-refractivity contribution in [3.8, 4) is 0 Å². The fourth-order valence-electron chi connectivity index (χ4n) is 1.08.